The summed E-state index contributed by atoms with van der Waals surface area (Å²) in [6.07, 6.45) is 0. The maximum atomic E-state index is 6.78. The van der Waals surface area contributed by atoms with Crippen LogP contribution in [-0.4, -0.2) is 11.9 Å². The Balaban J connectivity index is 1.93. The molecule has 0 bridgehead atoms. The fourth-order valence-corrected chi connectivity index (χ4v) is 4.29. The van der Waals surface area contributed by atoms with Crippen molar-refractivity contribution in [2.75, 3.05) is 0 Å². The minimum absolute atomic E-state index is 0.0237. The van der Waals surface area contributed by atoms with Crippen molar-refractivity contribution in [3.63, 3.8) is 0 Å². The van der Waals surface area contributed by atoms with Crippen LogP contribution in [-0.2, 0) is 10.3 Å². The van der Waals surface area contributed by atoms with E-state index >= 15 is 0 Å². The summed E-state index contributed by atoms with van der Waals surface area (Å²) in [6.45, 7) is 4.42. The number of benzene rings is 3. The molecule has 0 spiro atoms. The zero-order chi connectivity index (χ0) is 18.9. The summed E-state index contributed by atoms with van der Waals surface area (Å²) in [7, 11) is 0. The molecule has 0 saturated carbocycles. The average Bonchev–Trinajstić information content (AvgIpc) is 3.12. The Morgan fingerprint density at radius 3 is 1.85 bits per heavy atom. The number of ether oxygens (including phenoxy) is 1. The highest BCUT2D eigenvalue weighted by Crippen LogP contribution is 2.46. The van der Waals surface area contributed by atoms with Crippen molar-refractivity contribution in [3.05, 3.63) is 106 Å². The third kappa shape index (κ3) is 3.10. The summed E-state index contributed by atoms with van der Waals surface area (Å²) in [5, 5.41) is 0. The Kier molecular flexibility index (Phi) is 4.88. The zero-order valence-corrected chi connectivity index (χ0v) is 17.1. The molecule has 0 unspecified atom stereocenters. The first-order valence-corrected chi connectivity index (χ1v) is 10.0. The van der Waals surface area contributed by atoms with Gasteiger partial charge in [0.15, 0.2) is 5.60 Å². The lowest BCUT2D eigenvalue weighted by molar-refractivity contribution is 0.0815. The fraction of sp³-hybridized carbons (Fsp3) is 0.208. The van der Waals surface area contributed by atoms with E-state index in [-0.39, 0.29) is 6.04 Å². The van der Waals surface area contributed by atoms with E-state index in [0.29, 0.717) is 11.8 Å². The molecule has 3 aromatic carbocycles. The van der Waals surface area contributed by atoms with Gasteiger partial charge in [-0.15, -0.1) is 0 Å². The zero-order valence-electron chi connectivity index (χ0n) is 15.5. The van der Waals surface area contributed by atoms with Crippen LogP contribution in [0.25, 0.3) is 0 Å². The van der Waals surface area contributed by atoms with Crippen LogP contribution in [0, 0.1) is 5.92 Å². The monoisotopic (exact) mass is 419 g/mol. The van der Waals surface area contributed by atoms with Crippen LogP contribution in [0.15, 0.2) is 94.4 Å². The second-order valence-electron chi connectivity index (χ2n) is 7.17. The van der Waals surface area contributed by atoms with Crippen LogP contribution in [0.4, 0.5) is 0 Å². The number of nitrogens with zero attached hydrogens (tertiary/aromatic N) is 1. The third-order valence-corrected chi connectivity index (χ3v) is 5.76. The lowest BCUT2D eigenvalue weighted by Crippen LogP contribution is -2.41. The molecule has 0 aromatic heterocycles. The molecule has 3 aromatic rings. The Morgan fingerprint density at radius 1 is 0.815 bits per heavy atom. The van der Waals surface area contributed by atoms with Crippen molar-refractivity contribution in [2.24, 2.45) is 10.9 Å². The molecule has 0 N–H and O–H groups in total. The minimum atomic E-state index is -0.638. The Morgan fingerprint density at radius 2 is 1.33 bits per heavy atom. The minimum Gasteiger partial charge on any atom is -0.459 e. The maximum Gasteiger partial charge on any atom is 0.219 e. The SMILES string of the molecule is CC(C)[C@@H]1N=C(c2ccccc2Br)OC1(c1ccccc1)c1ccccc1. The van der Waals surface area contributed by atoms with Gasteiger partial charge in [-0.2, -0.15) is 0 Å². The third-order valence-electron chi connectivity index (χ3n) is 5.07. The standard InChI is InChI=1S/C24H22BrNO/c1-17(2)22-24(18-11-5-3-6-12-18,19-13-7-4-8-14-19)27-23(26-22)20-15-9-10-16-21(20)25/h3-17,22H,1-2H3/t22-/m0/s1. The number of halogens is 1. The van der Waals surface area contributed by atoms with E-state index in [1.807, 2.05) is 36.4 Å². The highest BCUT2D eigenvalue weighted by atomic mass is 79.9. The quantitative estimate of drug-likeness (QED) is 0.493. The van der Waals surface area contributed by atoms with Gasteiger partial charge >= 0.3 is 0 Å². The highest BCUT2D eigenvalue weighted by Gasteiger charge is 2.51. The van der Waals surface area contributed by atoms with Crippen LogP contribution < -0.4 is 0 Å². The normalized spacial score (nSPS) is 18.2. The van der Waals surface area contributed by atoms with Gasteiger partial charge in [-0.25, -0.2) is 4.99 Å². The van der Waals surface area contributed by atoms with E-state index < -0.39 is 5.60 Å². The molecular formula is C24H22BrNO. The molecule has 1 aliphatic heterocycles. The molecule has 0 radical (unpaired) electrons. The molecule has 1 heterocycles. The molecule has 1 aliphatic rings. The number of hydrogen-bond donors (Lipinski definition) is 0. The van der Waals surface area contributed by atoms with E-state index in [1.54, 1.807) is 0 Å². The molecule has 0 amide bonds. The largest absolute Gasteiger partial charge is 0.459 e. The van der Waals surface area contributed by atoms with Gasteiger partial charge in [0.25, 0.3) is 0 Å². The number of rotatable bonds is 4. The van der Waals surface area contributed by atoms with Crippen LogP contribution in [0.3, 0.4) is 0 Å². The molecular weight excluding hydrogens is 398 g/mol. The second-order valence-corrected chi connectivity index (χ2v) is 8.03. The van der Waals surface area contributed by atoms with E-state index in [2.05, 4.69) is 78.3 Å². The lowest BCUT2D eigenvalue weighted by atomic mass is 9.76. The summed E-state index contributed by atoms with van der Waals surface area (Å²) in [6, 6.07) is 29.0. The first-order chi connectivity index (χ1) is 13.1. The van der Waals surface area contributed by atoms with Crippen LogP contribution >= 0.6 is 15.9 Å². The van der Waals surface area contributed by atoms with Gasteiger partial charge in [0.2, 0.25) is 5.90 Å². The average molecular weight is 420 g/mol. The van der Waals surface area contributed by atoms with Gasteiger partial charge in [0.1, 0.15) is 6.04 Å². The van der Waals surface area contributed by atoms with Gasteiger partial charge in [0.05, 0.1) is 5.56 Å². The molecule has 0 aliphatic carbocycles. The predicted octanol–water partition coefficient (Wildman–Crippen LogP) is 6.19. The highest BCUT2D eigenvalue weighted by molar-refractivity contribution is 9.10. The maximum absolute atomic E-state index is 6.78. The van der Waals surface area contributed by atoms with Gasteiger partial charge in [-0.1, -0.05) is 86.6 Å². The Bertz CT molecular complexity index is 911. The van der Waals surface area contributed by atoms with Gasteiger partial charge in [-0.3, -0.25) is 0 Å². The van der Waals surface area contributed by atoms with Crippen molar-refractivity contribution in [1.82, 2.24) is 0 Å². The molecule has 0 fully saturated rings. The molecule has 3 heteroatoms. The molecule has 27 heavy (non-hydrogen) atoms. The first kappa shape index (κ1) is 18.0. The van der Waals surface area contributed by atoms with Crippen molar-refractivity contribution >= 4 is 21.8 Å². The van der Waals surface area contributed by atoms with Crippen molar-refractivity contribution < 1.29 is 4.74 Å². The lowest BCUT2D eigenvalue weighted by Gasteiger charge is -2.36. The fourth-order valence-electron chi connectivity index (χ4n) is 3.83. The molecule has 1 atom stereocenters. The van der Waals surface area contributed by atoms with Crippen molar-refractivity contribution in [1.29, 1.82) is 0 Å². The van der Waals surface area contributed by atoms with Crippen LogP contribution in [0.5, 0.6) is 0 Å². The van der Waals surface area contributed by atoms with E-state index in [9.17, 15) is 0 Å². The summed E-state index contributed by atoms with van der Waals surface area (Å²) < 4.78 is 7.77. The Hall–Kier alpha value is -2.39. The number of aliphatic imine (C=N–C) groups is 1. The molecule has 2 nitrogen and oxygen atoms in total. The van der Waals surface area contributed by atoms with Crippen LogP contribution in [0.1, 0.15) is 30.5 Å². The van der Waals surface area contributed by atoms with Gasteiger partial charge in [-0.05, 0) is 34.0 Å². The topological polar surface area (TPSA) is 21.6 Å². The molecule has 136 valence electrons. The molecule has 4 rings (SSSR count). The molecule has 0 saturated heterocycles. The Labute approximate surface area is 169 Å². The van der Waals surface area contributed by atoms with Crippen LogP contribution in [0.2, 0.25) is 0 Å². The van der Waals surface area contributed by atoms with Gasteiger partial charge < -0.3 is 4.74 Å². The first-order valence-electron chi connectivity index (χ1n) is 9.25. The van der Waals surface area contributed by atoms with Crippen molar-refractivity contribution in [3.8, 4) is 0 Å². The predicted molar refractivity (Wildman–Crippen MR) is 114 cm³/mol. The number of hydrogen-bond acceptors (Lipinski definition) is 2. The summed E-state index contributed by atoms with van der Waals surface area (Å²) >= 11 is 3.65. The van der Waals surface area contributed by atoms with E-state index in [4.69, 9.17) is 9.73 Å². The summed E-state index contributed by atoms with van der Waals surface area (Å²) in [4.78, 5) is 5.09. The smallest absolute Gasteiger partial charge is 0.219 e. The van der Waals surface area contributed by atoms with Gasteiger partial charge in [0, 0.05) is 15.6 Å². The van der Waals surface area contributed by atoms with E-state index in [0.717, 1.165) is 21.2 Å². The second kappa shape index (κ2) is 7.32. The van der Waals surface area contributed by atoms with Crippen molar-refractivity contribution in [2.45, 2.75) is 25.5 Å². The summed E-state index contributed by atoms with van der Waals surface area (Å²) in [5.74, 6) is 0.999. The summed E-state index contributed by atoms with van der Waals surface area (Å²) in [5.41, 5.74) is 2.60. The van der Waals surface area contributed by atoms with E-state index in [1.165, 1.54) is 0 Å².